The Kier molecular flexibility index (Phi) is 10.9. The second-order valence-corrected chi connectivity index (χ2v) is 4.17. The summed E-state index contributed by atoms with van der Waals surface area (Å²) in [4.78, 5) is 21.8. The molecule has 1 atom stereocenters. The first-order valence-electron chi connectivity index (χ1n) is 6.39. The van der Waals surface area contributed by atoms with E-state index >= 15 is 0 Å². The molecule has 0 aromatic carbocycles. The SMILES string of the molecule is COCCOCCCNC(=O)NCCC(C)C(=O)O. The summed E-state index contributed by atoms with van der Waals surface area (Å²) in [5.74, 6) is -1.30. The molecule has 0 radical (unpaired) electrons. The number of hydrogen-bond acceptors (Lipinski definition) is 4. The number of carboxylic acid groups (broad SMARTS) is 1. The largest absolute Gasteiger partial charge is 0.481 e. The normalized spacial score (nSPS) is 11.9. The number of amides is 2. The van der Waals surface area contributed by atoms with Gasteiger partial charge in [-0.05, 0) is 12.8 Å². The van der Waals surface area contributed by atoms with E-state index in [1.54, 1.807) is 14.0 Å². The Bertz CT molecular complexity index is 261. The molecular formula is C12H24N2O5. The number of carbonyl (C=O) groups excluding carboxylic acids is 1. The summed E-state index contributed by atoms with van der Waals surface area (Å²) in [6.45, 7) is 4.17. The summed E-state index contributed by atoms with van der Waals surface area (Å²) in [7, 11) is 1.61. The molecule has 0 saturated carbocycles. The van der Waals surface area contributed by atoms with Crippen molar-refractivity contribution in [3.8, 4) is 0 Å². The summed E-state index contributed by atoms with van der Waals surface area (Å²) in [5, 5.41) is 13.9. The summed E-state index contributed by atoms with van der Waals surface area (Å²) in [6, 6.07) is -0.283. The van der Waals surface area contributed by atoms with E-state index in [1.165, 1.54) is 0 Å². The molecule has 0 bridgehead atoms. The average molecular weight is 276 g/mol. The van der Waals surface area contributed by atoms with Gasteiger partial charge in [0.1, 0.15) is 0 Å². The molecule has 19 heavy (non-hydrogen) atoms. The maximum Gasteiger partial charge on any atom is 0.314 e. The van der Waals surface area contributed by atoms with Crippen LogP contribution in [0.25, 0.3) is 0 Å². The number of carbonyl (C=O) groups is 2. The van der Waals surface area contributed by atoms with Crippen molar-refractivity contribution in [2.45, 2.75) is 19.8 Å². The zero-order valence-corrected chi connectivity index (χ0v) is 11.6. The zero-order valence-electron chi connectivity index (χ0n) is 11.6. The molecule has 7 heteroatoms. The number of ether oxygens (including phenoxy) is 2. The monoisotopic (exact) mass is 276 g/mol. The van der Waals surface area contributed by atoms with E-state index in [-0.39, 0.29) is 6.03 Å². The van der Waals surface area contributed by atoms with Crippen LogP contribution in [0.1, 0.15) is 19.8 Å². The van der Waals surface area contributed by atoms with E-state index in [0.29, 0.717) is 39.3 Å². The molecule has 0 aromatic heterocycles. The van der Waals surface area contributed by atoms with Crippen molar-refractivity contribution in [2.75, 3.05) is 40.0 Å². The van der Waals surface area contributed by atoms with Gasteiger partial charge in [-0.2, -0.15) is 0 Å². The Morgan fingerprint density at radius 2 is 1.84 bits per heavy atom. The van der Waals surface area contributed by atoms with Crippen LogP contribution in [0.3, 0.4) is 0 Å². The minimum absolute atomic E-state index is 0.283. The third kappa shape index (κ3) is 11.5. The Labute approximate surface area is 113 Å². The minimum Gasteiger partial charge on any atom is -0.481 e. The van der Waals surface area contributed by atoms with E-state index in [1.807, 2.05) is 0 Å². The lowest BCUT2D eigenvalue weighted by Gasteiger charge is -2.09. The van der Waals surface area contributed by atoms with Crippen molar-refractivity contribution < 1.29 is 24.2 Å². The van der Waals surface area contributed by atoms with E-state index in [0.717, 1.165) is 6.42 Å². The van der Waals surface area contributed by atoms with Crippen LogP contribution < -0.4 is 10.6 Å². The first-order valence-corrected chi connectivity index (χ1v) is 6.39. The lowest BCUT2D eigenvalue weighted by atomic mass is 10.1. The van der Waals surface area contributed by atoms with Gasteiger partial charge in [-0.15, -0.1) is 0 Å². The fourth-order valence-electron chi connectivity index (χ4n) is 1.21. The third-order valence-electron chi connectivity index (χ3n) is 2.47. The zero-order chi connectivity index (χ0) is 14.5. The molecule has 3 N–H and O–H groups in total. The molecule has 0 rings (SSSR count). The minimum atomic E-state index is -0.851. The molecule has 0 spiro atoms. The van der Waals surface area contributed by atoms with E-state index in [2.05, 4.69) is 10.6 Å². The molecule has 7 nitrogen and oxygen atoms in total. The van der Waals surface area contributed by atoms with Gasteiger partial charge in [0, 0.05) is 26.8 Å². The van der Waals surface area contributed by atoms with Crippen molar-refractivity contribution in [3.05, 3.63) is 0 Å². The van der Waals surface area contributed by atoms with Crippen molar-refractivity contribution in [3.63, 3.8) is 0 Å². The quantitative estimate of drug-likeness (QED) is 0.476. The summed E-state index contributed by atoms with van der Waals surface area (Å²) >= 11 is 0. The Morgan fingerprint density at radius 3 is 2.47 bits per heavy atom. The molecule has 2 amide bonds. The lowest BCUT2D eigenvalue weighted by Crippen LogP contribution is -2.37. The van der Waals surface area contributed by atoms with Crippen molar-refractivity contribution >= 4 is 12.0 Å². The lowest BCUT2D eigenvalue weighted by molar-refractivity contribution is -0.141. The highest BCUT2D eigenvalue weighted by molar-refractivity contribution is 5.74. The number of carboxylic acids is 1. The number of urea groups is 1. The molecule has 0 aliphatic heterocycles. The molecule has 0 aliphatic carbocycles. The Hall–Kier alpha value is -1.34. The van der Waals surface area contributed by atoms with Gasteiger partial charge in [0.15, 0.2) is 0 Å². The predicted octanol–water partition coefficient (Wildman–Crippen LogP) is 0.450. The third-order valence-corrected chi connectivity index (χ3v) is 2.47. The highest BCUT2D eigenvalue weighted by Gasteiger charge is 2.10. The molecule has 1 unspecified atom stereocenters. The smallest absolute Gasteiger partial charge is 0.314 e. The molecule has 0 aromatic rings. The topological polar surface area (TPSA) is 96.9 Å². The van der Waals surface area contributed by atoms with Crippen molar-refractivity contribution in [2.24, 2.45) is 5.92 Å². The number of nitrogens with one attached hydrogen (secondary N) is 2. The summed E-state index contributed by atoms with van der Waals surface area (Å²) < 4.78 is 10.1. The van der Waals surface area contributed by atoms with Crippen LogP contribution in [-0.4, -0.2) is 57.1 Å². The Balaban J connectivity index is 3.33. The maximum absolute atomic E-state index is 11.3. The summed E-state index contributed by atoms with van der Waals surface area (Å²) in [5.41, 5.74) is 0. The molecule has 0 saturated heterocycles. The van der Waals surface area contributed by atoms with Gasteiger partial charge in [0.25, 0.3) is 0 Å². The number of methoxy groups -OCH3 is 1. The van der Waals surface area contributed by atoms with Gasteiger partial charge in [0.2, 0.25) is 0 Å². The fraction of sp³-hybridized carbons (Fsp3) is 0.833. The number of aliphatic carboxylic acids is 1. The van der Waals surface area contributed by atoms with Crippen LogP contribution in [0, 0.1) is 5.92 Å². The van der Waals surface area contributed by atoms with Crippen molar-refractivity contribution in [1.29, 1.82) is 0 Å². The molecule has 0 aliphatic rings. The van der Waals surface area contributed by atoms with Gasteiger partial charge in [-0.25, -0.2) is 4.79 Å². The molecule has 0 heterocycles. The number of hydrogen-bond donors (Lipinski definition) is 3. The highest BCUT2D eigenvalue weighted by Crippen LogP contribution is 1.99. The van der Waals surface area contributed by atoms with Gasteiger partial charge in [-0.1, -0.05) is 6.92 Å². The molecule has 112 valence electrons. The standard InChI is InChI=1S/C12H24N2O5/c1-10(11(15)16)4-6-14-12(17)13-5-3-7-19-9-8-18-2/h10H,3-9H2,1-2H3,(H,15,16)(H2,13,14,17). The van der Waals surface area contributed by atoms with Crippen LogP contribution in [0.2, 0.25) is 0 Å². The van der Waals surface area contributed by atoms with Gasteiger partial charge in [-0.3, -0.25) is 4.79 Å². The van der Waals surface area contributed by atoms with E-state index in [9.17, 15) is 9.59 Å². The second-order valence-electron chi connectivity index (χ2n) is 4.17. The maximum atomic E-state index is 11.3. The summed E-state index contributed by atoms with van der Waals surface area (Å²) in [6.07, 6.45) is 1.14. The van der Waals surface area contributed by atoms with Crippen LogP contribution in [0.15, 0.2) is 0 Å². The Morgan fingerprint density at radius 1 is 1.16 bits per heavy atom. The first-order chi connectivity index (χ1) is 9.07. The second kappa shape index (κ2) is 11.7. The van der Waals surface area contributed by atoms with Crippen LogP contribution in [0.4, 0.5) is 4.79 Å². The van der Waals surface area contributed by atoms with E-state index < -0.39 is 11.9 Å². The van der Waals surface area contributed by atoms with Crippen molar-refractivity contribution in [1.82, 2.24) is 10.6 Å². The van der Waals surface area contributed by atoms with E-state index in [4.69, 9.17) is 14.6 Å². The molecule has 0 fully saturated rings. The van der Waals surface area contributed by atoms with Crippen LogP contribution in [0.5, 0.6) is 0 Å². The fourth-order valence-corrected chi connectivity index (χ4v) is 1.21. The number of rotatable bonds is 11. The average Bonchev–Trinajstić information content (AvgIpc) is 2.37. The highest BCUT2D eigenvalue weighted by atomic mass is 16.5. The first kappa shape index (κ1) is 17.7. The van der Waals surface area contributed by atoms with Crippen LogP contribution in [-0.2, 0) is 14.3 Å². The predicted molar refractivity (Wildman–Crippen MR) is 70.1 cm³/mol. The molecular weight excluding hydrogens is 252 g/mol. The van der Waals surface area contributed by atoms with Gasteiger partial charge < -0.3 is 25.2 Å². The van der Waals surface area contributed by atoms with Crippen LogP contribution >= 0.6 is 0 Å². The van der Waals surface area contributed by atoms with Gasteiger partial charge >= 0.3 is 12.0 Å². The van der Waals surface area contributed by atoms with Gasteiger partial charge in [0.05, 0.1) is 19.1 Å².